The second-order valence-electron chi connectivity index (χ2n) is 5.07. The Morgan fingerprint density at radius 3 is 2.58 bits per heavy atom. The number of carbonyl (C=O) groups is 2. The largest absolute Gasteiger partial charge is 0.481 e. The van der Waals surface area contributed by atoms with Crippen molar-refractivity contribution in [3.63, 3.8) is 0 Å². The average Bonchev–Trinajstić information content (AvgIpc) is 2.82. The maximum atomic E-state index is 11.6. The lowest BCUT2D eigenvalue weighted by molar-refractivity contribution is -0.137. The maximum absolute atomic E-state index is 11.6. The molecule has 0 spiro atoms. The summed E-state index contributed by atoms with van der Waals surface area (Å²) >= 11 is 0. The molecule has 102 valence electrons. The van der Waals surface area contributed by atoms with Gasteiger partial charge in [0.15, 0.2) is 0 Å². The van der Waals surface area contributed by atoms with E-state index in [4.69, 9.17) is 5.11 Å². The third-order valence-electron chi connectivity index (χ3n) is 3.64. The summed E-state index contributed by atoms with van der Waals surface area (Å²) in [7, 11) is 0. The van der Waals surface area contributed by atoms with E-state index in [0.29, 0.717) is 12.8 Å². The molecule has 0 aliphatic carbocycles. The molecule has 1 fully saturated rings. The van der Waals surface area contributed by atoms with Crippen LogP contribution >= 0.6 is 0 Å². The van der Waals surface area contributed by atoms with Gasteiger partial charge in [0, 0.05) is 25.1 Å². The molecule has 0 radical (unpaired) electrons. The topological polar surface area (TPSA) is 57.6 Å². The Kier molecular flexibility index (Phi) is 4.20. The van der Waals surface area contributed by atoms with Crippen molar-refractivity contribution < 1.29 is 14.7 Å². The van der Waals surface area contributed by atoms with Crippen LogP contribution in [0, 0.1) is 0 Å². The molecule has 19 heavy (non-hydrogen) atoms. The Morgan fingerprint density at radius 1 is 1.37 bits per heavy atom. The van der Waals surface area contributed by atoms with Crippen LogP contribution in [0.3, 0.4) is 0 Å². The first-order chi connectivity index (χ1) is 9.08. The van der Waals surface area contributed by atoms with E-state index in [2.05, 4.69) is 0 Å². The molecule has 1 aliphatic rings. The Labute approximate surface area is 113 Å². The Hall–Kier alpha value is -1.84. The lowest BCUT2D eigenvalue weighted by atomic mass is 9.96. The summed E-state index contributed by atoms with van der Waals surface area (Å²) in [5.41, 5.74) is 2.06. The van der Waals surface area contributed by atoms with Gasteiger partial charge < -0.3 is 10.0 Å². The summed E-state index contributed by atoms with van der Waals surface area (Å²) in [6.45, 7) is 2.83. The molecule has 1 unspecified atom stereocenters. The van der Waals surface area contributed by atoms with Crippen molar-refractivity contribution >= 4 is 17.6 Å². The molecular weight excluding hydrogens is 242 g/mol. The molecule has 1 saturated heterocycles. The molecule has 1 aromatic carbocycles. The summed E-state index contributed by atoms with van der Waals surface area (Å²) < 4.78 is 0. The highest BCUT2D eigenvalue weighted by molar-refractivity contribution is 5.95. The van der Waals surface area contributed by atoms with E-state index < -0.39 is 5.97 Å². The molecule has 0 bridgehead atoms. The molecule has 1 amide bonds. The Bertz CT molecular complexity index is 467. The van der Waals surface area contributed by atoms with Gasteiger partial charge in [-0.15, -0.1) is 0 Å². The highest BCUT2D eigenvalue weighted by atomic mass is 16.4. The van der Waals surface area contributed by atoms with Gasteiger partial charge in [0.25, 0.3) is 0 Å². The fraction of sp³-hybridized carbons (Fsp3) is 0.467. The Balaban J connectivity index is 2.01. The standard InChI is InChI=1S/C15H19NO3/c1-11(4-9-15(18)19)12-5-7-13(8-6-12)16-10-2-3-14(16)17/h5-8,11H,2-4,9-10H2,1H3,(H,18,19). The first-order valence-corrected chi connectivity index (χ1v) is 6.70. The molecule has 0 aromatic heterocycles. The first kappa shape index (κ1) is 13.6. The SMILES string of the molecule is CC(CCC(=O)O)c1ccc(N2CCCC2=O)cc1. The van der Waals surface area contributed by atoms with Crippen LogP contribution in [0.1, 0.15) is 44.1 Å². The van der Waals surface area contributed by atoms with Gasteiger partial charge >= 0.3 is 5.97 Å². The number of rotatable bonds is 5. The minimum atomic E-state index is -0.758. The third kappa shape index (κ3) is 3.34. The fourth-order valence-corrected chi connectivity index (χ4v) is 2.41. The van der Waals surface area contributed by atoms with Gasteiger partial charge in [-0.2, -0.15) is 0 Å². The van der Waals surface area contributed by atoms with Gasteiger partial charge in [-0.1, -0.05) is 19.1 Å². The van der Waals surface area contributed by atoms with Gasteiger partial charge in [-0.05, 0) is 36.5 Å². The molecule has 1 aliphatic heterocycles. The zero-order valence-electron chi connectivity index (χ0n) is 11.1. The lowest BCUT2D eigenvalue weighted by Gasteiger charge is -2.17. The molecule has 2 rings (SSSR count). The molecule has 1 heterocycles. The number of aliphatic carboxylic acids is 1. The number of hydrogen-bond acceptors (Lipinski definition) is 2. The predicted molar refractivity (Wildman–Crippen MR) is 73.3 cm³/mol. The molecule has 1 N–H and O–H groups in total. The minimum absolute atomic E-state index is 0.187. The number of carboxylic acids is 1. The van der Waals surface area contributed by atoms with Gasteiger partial charge in [0.05, 0.1) is 0 Å². The zero-order chi connectivity index (χ0) is 13.8. The molecule has 0 saturated carbocycles. The van der Waals surface area contributed by atoms with Crippen molar-refractivity contribution in [2.75, 3.05) is 11.4 Å². The van der Waals surface area contributed by atoms with Crippen molar-refractivity contribution in [2.45, 2.75) is 38.5 Å². The molecule has 4 nitrogen and oxygen atoms in total. The van der Waals surface area contributed by atoms with Crippen molar-refractivity contribution in [2.24, 2.45) is 0 Å². The molecular formula is C15H19NO3. The van der Waals surface area contributed by atoms with Crippen molar-refractivity contribution in [1.82, 2.24) is 0 Å². The highest BCUT2D eigenvalue weighted by Crippen LogP contribution is 2.26. The first-order valence-electron chi connectivity index (χ1n) is 6.70. The van der Waals surface area contributed by atoms with Gasteiger partial charge in [0.1, 0.15) is 0 Å². The van der Waals surface area contributed by atoms with E-state index >= 15 is 0 Å². The summed E-state index contributed by atoms with van der Waals surface area (Å²) in [6, 6.07) is 7.90. The summed E-state index contributed by atoms with van der Waals surface area (Å²) in [6.07, 6.45) is 2.39. The van der Waals surface area contributed by atoms with Crippen molar-refractivity contribution in [3.05, 3.63) is 29.8 Å². The second kappa shape index (κ2) is 5.87. The van der Waals surface area contributed by atoms with E-state index in [-0.39, 0.29) is 18.2 Å². The number of amides is 1. The van der Waals surface area contributed by atoms with Crippen LogP contribution in [-0.2, 0) is 9.59 Å². The van der Waals surface area contributed by atoms with Crippen LogP contribution in [0.5, 0.6) is 0 Å². The zero-order valence-corrected chi connectivity index (χ0v) is 11.1. The van der Waals surface area contributed by atoms with Crippen LogP contribution in [0.4, 0.5) is 5.69 Å². The number of nitrogens with zero attached hydrogens (tertiary/aromatic N) is 1. The highest BCUT2D eigenvalue weighted by Gasteiger charge is 2.21. The third-order valence-corrected chi connectivity index (χ3v) is 3.64. The molecule has 1 atom stereocenters. The Morgan fingerprint density at radius 2 is 2.05 bits per heavy atom. The average molecular weight is 261 g/mol. The number of carboxylic acid groups (broad SMARTS) is 1. The van der Waals surface area contributed by atoms with E-state index in [1.807, 2.05) is 36.1 Å². The number of anilines is 1. The molecule has 4 heteroatoms. The van der Waals surface area contributed by atoms with E-state index in [1.165, 1.54) is 0 Å². The van der Waals surface area contributed by atoms with Crippen LogP contribution in [0.15, 0.2) is 24.3 Å². The van der Waals surface area contributed by atoms with E-state index in [1.54, 1.807) is 0 Å². The lowest BCUT2D eigenvalue weighted by Crippen LogP contribution is -2.23. The van der Waals surface area contributed by atoms with Gasteiger partial charge in [-0.25, -0.2) is 0 Å². The van der Waals surface area contributed by atoms with E-state index in [0.717, 1.165) is 24.2 Å². The summed E-state index contributed by atoms with van der Waals surface area (Å²) in [4.78, 5) is 24.0. The van der Waals surface area contributed by atoms with E-state index in [9.17, 15) is 9.59 Å². The summed E-state index contributed by atoms with van der Waals surface area (Å²) in [5.74, 6) is -0.350. The summed E-state index contributed by atoms with van der Waals surface area (Å²) in [5, 5.41) is 8.68. The smallest absolute Gasteiger partial charge is 0.303 e. The van der Waals surface area contributed by atoms with Gasteiger partial charge in [0.2, 0.25) is 5.91 Å². The monoisotopic (exact) mass is 261 g/mol. The van der Waals surface area contributed by atoms with Crippen LogP contribution < -0.4 is 4.90 Å². The predicted octanol–water partition coefficient (Wildman–Crippen LogP) is 2.78. The van der Waals surface area contributed by atoms with Crippen LogP contribution in [0.2, 0.25) is 0 Å². The number of benzene rings is 1. The number of carbonyl (C=O) groups excluding carboxylic acids is 1. The number of hydrogen-bond donors (Lipinski definition) is 1. The second-order valence-corrected chi connectivity index (χ2v) is 5.07. The molecule has 1 aromatic rings. The minimum Gasteiger partial charge on any atom is -0.481 e. The fourth-order valence-electron chi connectivity index (χ4n) is 2.41. The van der Waals surface area contributed by atoms with Crippen LogP contribution in [-0.4, -0.2) is 23.5 Å². The van der Waals surface area contributed by atoms with Crippen LogP contribution in [0.25, 0.3) is 0 Å². The normalized spacial score (nSPS) is 16.7. The van der Waals surface area contributed by atoms with Crippen molar-refractivity contribution in [1.29, 1.82) is 0 Å². The van der Waals surface area contributed by atoms with Crippen molar-refractivity contribution in [3.8, 4) is 0 Å². The quantitative estimate of drug-likeness (QED) is 0.886. The van der Waals surface area contributed by atoms with Gasteiger partial charge in [-0.3, -0.25) is 9.59 Å². The maximum Gasteiger partial charge on any atom is 0.303 e.